The monoisotopic (exact) mass is 124 g/mol. The zero-order valence-corrected chi connectivity index (χ0v) is 6.48. The summed E-state index contributed by atoms with van der Waals surface area (Å²) in [7, 11) is 0. The molecule has 2 aliphatic carbocycles. The second-order valence-corrected chi connectivity index (χ2v) is 4.02. The molecule has 2 unspecified atom stereocenters. The SMILES string of the molecule is CCC1CC2(CC2)C1C. The van der Waals surface area contributed by atoms with Crippen molar-refractivity contribution in [1.82, 2.24) is 0 Å². The van der Waals surface area contributed by atoms with Crippen LogP contribution >= 0.6 is 0 Å². The van der Waals surface area contributed by atoms with Crippen molar-refractivity contribution in [2.24, 2.45) is 17.3 Å². The van der Waals surface area contributed by atoms with Gasteiger partial charge in [-0.05, 0) is 36.5 Å². The van der Waals surface area contributed by atoms with Gasteiger partial charge in [0, 0.05) is 0 Å². The van der Waals surface area contributed by atoms with Crippen molar-refractivity contribution in [3.8, 4) is 0 Å². The van der Waals surface area contributed by atoms with Crippen molar-refractivity contribution in [1.29, 1.82) is 0 Å². The molecular weight excluding hydrogens is 108 g/mol. The normalized spacial score (nSPS) is 44.7. The second-order valence-electron chi connectivity index (χ2n) is 4.02. The molecule has 0 aromatic rings. The van der Waals surface area contributed by atoms with Crippen molar-refractivity contribution < 1.29 is 0 Å². The van der Waals surface area contributed by atoms with Crippen LogP contribution in [0, 0.1) is 17.3 Å². The molecule has 2 rings (SSSR count). The van der Waals surface area contributed by atoms with Gasteiger partial charge >= 0.3 is 0 Å². The molecule has 2 aliphatic rings. The van der Waals surface area contributed by atoms with Crippen LogP contribution < -0.4 is 0 Å². The van der Waals surface area contributed by atoms with Crippen LogP contribution in [0.1, 0.15) is 39.5 Å². The van der Waals surface area contributed by atoms with Crippen LogP contribution in [0.2, 0.25) is 0 Å². The summed E-state index contributed by atoms with van der Waals surface area (Å²) in [5, 5.41) is 0. The van der Waals surface area contributed by atoms with Crippen LogP contribution in [-0.4, -0.2) is 0 Å². The fraction of sp³-hybridized carbons (Fsp3) is 1.00. The minimum atomic E-state index is 0.903. The van der Waals surface area contributed by atoms with E-state index < -0.39 is 0 Å². The molecule has 2 fully saturated rings. The van der Waals surface area contributed by atoms with Gasteiger partial charge in [-0.15, -0.1) is 0 Å². The molecule has 0 amide bonds. The Labute approximate surface area is 57.6 Å². The predicted octanol–water partition coefficient (Wildman–Crippen LogP) is 2.83. The fourth-order valence-electron chi connectivity index (χ4n) is 2.54. The Morgan fingerprint density at radius 2 is 2.11 bits per heavy atom. The van der Waals surface area contributed by atoms with E-state index in [1.54, 1.807) is 19.3 Å². The zero-order valence-electron chi connectivity index (χ0n) is 6.48. The smallest absolute Gasteiger partial charge is 0.0266 e. The van der Waals surface area contributed by atoms with Crippen LogP contribution in [0.5, 0.6) is 0 Å². The maximum absolute atomic E-state index is 2.45. The highest BCUT2D eigenvalue weighted by atomic mass is 14.6. The molecule has 0 heteroatoms. The fourth-order valence-corrected chi connectivity index (χ4v) is 2.54. The molecule has 2 atom stereocenters. The molecule has 9 heavy (non-hydrogen) atoms. The van der Waals surface area contributed by atoms with E-state index in [0.29, 0.717) is 0 Å². The molecule has 52 valence electrons. The molecule has 0 nitrogen and oxygen atoms in total. The first-order chi connectivity index (χ1) is 4.28. The molecule has 0 N–H and O–H groups in total. The number of hydrogen-bond acceptors (Lipinski definition) is 0. The van der Waals surface area contributed by atoms with Crippen molar-refractivity contribution in [3.63, 3.8) is 0 Å². The molecular formula is C9H16. The summed E-state index contributed by atoms with van der Waals surface area (Å²) in [5.74, 6) is 2.16. The summed E-state index contributed by atoms with van der Waals surface area (Å²) in [6.07, 6.45) is 6.07. The van der Waals surface area contributed by atoms with Gasteiger partial charge in [0.05, 0.1) is 0 Å². The first-order valence-electron chi connectivity index (χ1n) is 4.28. The van der Waals surface area contributed by atoms with Crippen molar-refractivity contribution in [2.45, 2.75) is 39.5 Å². The lowest BCUT2D eigenvalue weighted by Crippen LogP contribution is -2.35. The minimum absolute atomic E-state index is 0.903. The highest BCUT2D eigenvalue weighted by Crippen LogP contribution is 2.67. The standard InChI is InChI=1S/C9H16/c1-3-8-6-9(4-5-9)7(8)2/h7-8H,3-6H2,1-2H3. The molecule has 0 radical (unpaired) electrons. The van der Waals surface area contributed by atoms with Gasteiger partial charge in [0.2, 0.25) is 0 Å². The predicted molar refractivity (Wildman–Crippen MR) is 39.2 cm³/mol. The maximum Gasteiger partial charge on any atom is -0.0266 e. The largest absolute Gasteiger partial charge is 0.0651 e. The van der Waals surface area contributed by atoms with E-state index in [-0.39, 0.29) is 0 Å². The third-order valence-corrected chi connectivity index (χ3v) is 3.76. The third kappa shape index (κ3) is 0.595. The van der Waals surface area contributed by atoms with Gasteiger partial charge in [-0.25, -0.2) is 0 Å². The summed E-state index contributed by atoms with van der Waals surface area (Å²) >= 11 is 0. The van der Waals surface area contributed by atoms with Crippen molar-refractivity contribution in [2.75, 3.05) is 0 Å². The Balaban J connectivity index is 1.96. The van der Waals surface area contributed by atoms with E-state index in [0.717, 1.165) is 17.3 Å². The lowest BCUT2D eigenvalue weighted by molar-refractivity contribution is 0.0607. The summed E-state index contributed by atoms with van der Waals surface area (Å²) in [4.78, 5) is 0. The molecule has 2 saturated carbocycles. The molecule has 0 aromatic heterocycles. The summed E-state index contributed by atoms with van der Waals surface area (Å²) in [5.41, 5.74) is 0.903. The second kappa shape index (κ2) is 1.53. The van der Waals surface area contributed by atoms with Gasteiger partial charge in [-0.1, -0.05) is 20.3 Å². The molecule has 0 saturated heterocycles. The number of hydrogen-bond donors (Lipinski definition) is 0. The van der Waals surface area contributed by atoms with Crippen molar-refractivity contribution in [3.05, 3.63) is 0 Å². The maximum atomic E-state index is 2.45. The van der Waals surface area contributed by atoms with Crippen LogP contribution in [0.15, 0.2) is 0 Å². The van der Waals surface area contributed by atoms with E-state index in [2.05, 4.69) is 13.8 Å². The van der Waals surface area contributed by atoms with E-state index in [4.69, 9.17) is 0 Å². The topological polar surface area (TPSA) is 0 Å². The highest BCUT2D eigenvalue weighted by Gasteiger charge is 2.57. The van der Waals surface area contributed by atoms with Gasteiger partial charge < -0.3 is 0 Å². The molecule has 0 aromatic carbocycles. The lowest BCUT2D eigenvalue weighted by Gasteiger charge is -2.43. The zero-order chi connectivity index (χ0) is 6.48. The van der Waals surface area contributed by atoms with Crippen LogP contribution in [-0.2, 0) is 0 Å². The van der Waals surface area contributed by atoms with Gasteiger partial charge in [0.1, 0.15) is 0 Å². The van der Waals surface area contributed by atoms with Gasteiger partial charge in [0.15, 0.2) is 0 Å². The van der Waals surface area contributed by atoms with Crippen LogP contribution in [0.25, 0.3) is 0 Å². The first-order valence-corrected chi connectivity index (χ1v) is 4.28. The van der Waals surface area contributed by atoms with E-state index in [1.807, 2.05) is 0 Å². The molecule has 0 aliphatic heterocycles. The summed E-state index contributed by atoms with van der Waals surface area (Å²) in [6, 6.07) is 0. The average Bonchev–Trinajstić information content (AvgIpc) is 2.63. The Hall–Kier alpha value is 0. The molecule has 0 bridgehead atoms. The van der Waals surface area contributed by atoms with E-state index in [1.165, 1.54) is 6.42 Å². The molecule has 0 heterocycles. The summed E-state index contributed by atoms with van der Waals surface area (Å²) < 4.78 is 0. The highest BCUT2D eigenvalue weighted by molar-refractivity contribution is 5.07. The minimum Gasteiger partial charge on any atom is -0.0651 e. The van der Waals surface area contributed by atoms with Crippen LogP contribution in [0.3, 0.4) is 0 Å². The van der Waals surface area contributed by atoms with Crippen LogP contribution in [0.4, 0.5) is 0 Å². The van der Waals surface area contributed by atoms with Gasteiger partial charge in [-0.2, -0.15) is 0 Å². The lowest BCUT2D eigenvalue weighted by atomic mass is 9.62. The number of rotatable bonds is 1. The van der Waals surface area contributed by atoms with Gasteiger partial charge in [0.25, 0.3) is 0 Å². The Morgan fingerprint density at radius 3 is 2.44 bits per heavy atom. The summed E-state index contributed by atoms with van der Waals surface area (Å²) in [6.45, 7) is 4.78. The van der Waals surface area contributed by atoms with E-state index in [9.17, 15) is 0 Å². The Bertz CT molecular complexity index is 122. The van der Waals surface area contributed by atoms with E-state index >= 15 is 0 Å². The van der Waals surface area contributed by atoms with Gasteiger partial charge in [-0.3, -0.25) is 0 Å². The first kappa shape index (κ1) is 5.76. The average molecular weight is 124 g/mol. The molecule has 1 spiro atoms. The Morgan fingerprint density at radius 1 is 1.44 bits per heavy atom. The third-order valence-electron chi connectivity index (χ3n) is 3.76. The quantitative estimate of drug-likeness (QED) is 0.504. The Kier molecular flexibility index (Phi) is 0.980. The van der Waals surface area contributed by atoms with Crippen molar-refractivity contribution >= 4 is 0 Å².